The zero-order chi connectivity index (χ0) is 19.8. The zero-order valence-electron chi connectivity index (χ0n) is 16.2. The van der Waals surface area contributed by atoms with Crippen molar-refractivity contribution in [2.45, 2.75) is 39.5 Å². The smallest absolute Gasteiger partial charge is 0.255 e. The Morgan fingerprint density at radius 2 is 2.04 bits per heavy atom. The van der Waals surface area contributed by atoms with Gasteiger partial charge < -0.3 is 10.1 Å². The van der Waals surface area contributed by atoms with Crippen molar-refractivity contribution < 1.29 is 9.53 Å². The summed E-state index contributed by atoms with van der Waals surface area (Å²) in [6.45, 7) is 4.70. The number of carbonyl (C=O) groups is 1. The molecule has 3 rings (SSSR count). The van der Waals surface area contributed by atoms with Crippen LogP contribution in [-0.2, 0) is 0 Å². The molecule has 144 valence electrons. The van der Waals surface area contributed by atoms with Gasteiger partial charge in [-0.1, -0.05) is 13.0 Å². The van der Waals surface area contributed by atoms with E-state index in [1.165, 1.54) is 0 Å². The van der Waals surface area contributed by atoms with Gasteiger partial charge >= 0.3 is 0 Å². The number of ether oxygens (including phenoxy) is 1. The predicted molar refractivity (Wildman–Crippen MR) is 116 cm³/mol. The molecule has 0 atom stereocenters. The van der Waals surface area contributed by atoms with Crippen molar-refractivity contribution in [3.63, 3.8) is 0 Å². The Labute approximate surface area is 170 Å². The summed E-state index contributed by atoms with van der Waals surface area (Å²) in [5.74, 6) is 6.89. The molecule has 1 amide bonds. The minimum Gasteiger partial charge on any atom is -0.493 e. The average molecular weight is 393 g/mol. The fraction of sp³-hybridized carbons (Fsp3) is 0.304. The molecule has 0 aliphatic carbocycles. The third kappa shape index (κ3) is 5.58. The number of aromatic nitrogens is 1. The van der Waals surface area contributed by atoms with Gasteiger partial charge in [0.15, 0.2) is 0 Å². The first-order valence-corrected chi connectivity index (χ1v) is 10.3. The van der Waals surface area contributed by atoms with Crippen LogP contribution < -0.4 is 10.1 Å². The molecular weight excluding hydrogens is 368 g/mol. The number of unbranched alkanes of at least 4 members (excludes halogenated alkanes) is 2. The van der Waals surface area contributed by atoms with E-state index in [9.17, 15) is 4.79 Å². The van der Waals surface area contributed by atoms with Crippen molar-refractivity contribution in [2.24, 2.45) is 0 Å². The minimum atomic E-state index is -0.142. The van der Waals surface area contributed by atoms with Gasteiger partial charge in [-0.2, -0.15) is 0 Å². The maximum Gasteiger partial charge on any atom is 0.255 e. The largest absolute Gasteiger partial charge is 0.493 e. The molecule has 0 aliphatic rings. The highest BCUT2D eigenvalue weighted by Crippen LogP contribution is 2.24. The van der Waals surface area contributed by atoms with Gasteiger partial charge in [-0.3, -0.25) is 4.79 Å². The molecule has 0 aliphatic heterocycles. The molecule has 0 bridgehead atoms. The highest BCUT2D eigenvalue weighted by molar-refractivity contribution is 7.18. The minimum absolute atomic E-state index is 0.142. The molecule has 0 fully saturated rings. The van der Waals surface area contributed by atoms with Crippen molar-refractivity contribution in [3.05, 3.63) is 53.0 Å². The van der Waals surface area contributed by atoms with Crippen LogP contribution in [-0.4, -0.2) is 17.5 Å². The van der Waals surface area contributed by atoms with Crippen molar-refractivity contribution in [2.75, 3.05) is 11.9 Å². The Bertz CT molecular complexity index is 1010. The molecule has 5 heteroatoms. The molecule has 1 N–H and O–H groups in total. The van der Waals surface area contributed by atoms with Gasteiger partial charge in [0.05, 0.1) is 21.8 Å². The Morgan fingerprint density at radius 3 is 2.89 bits per heavy atom. The number of carbonyl (C=O) groups excluding carboxylic acids is 1. The first-order valence-electron chi connectivity index (χ1n) is 9.53. The van der Waals surface area contributed by atoms with Crippen molar-refractivity contribution in [1.82, 2.24) is 4.98 Å². The van der Waals surface area contributed by atoms with Crippen molar-refractivity contribution in [3.8, 4) is 17.6 Å². The van der Waals surface area contributed by atoms with E-state index in [0.717, 1.165) is 46.7 Å². The topological polar surface area (TPSA) is 51.2 Å². The highest BCUT2D eigenvalue weighted by atomic mass is 32.1. The summed E-state index contributed by atoms with van der Waals surface area (Å²) < 4.78 is 6.79. The molecule has 0 saturated carbocycles. The Morgan fingerprint density at radius 1 is 1.18 bits per heavy atom. The molecule has 0 unspecified atom stereocenters. The standard InChI is InChI=1S/C23H24N2O2S/c1-3-4-5-6-7-8-14-27-20-11-9-10-19(16-20)25-23(26)18-12-13-21-22(15-18)28-17(2)24-21/h9-13,15-16H,3-4,7-8,14H2,1-2H3,(H,25,26). The molecule has 1 heterocycles. The number of anilines is 1. The summed E-state index contributed by atoms with van der Waals surface area (Å²) >= 11 is 1.59. The first kappa shape index (κ1) is 19.9. The second-order valence-electron chi connectivity index (χ2n) is 6.45. The van der Waals surface area contributed by atoms with E-state index in [1.54, 1.807) is 17.4 Å². The van der Waals surface area contributed by atoms with Crippen LogP contribution in [0.2, 0.25) is 0 Å². The fourth-order valence-electron chi connectivity index (χ4n) is 2.70. The number of hydrogen-bond acceptors (Lipinski definition) is 4. The molecular formula is C23H24N2O2S. The van der Waals surface area contributed by atoms with Crippen LogP contribution >= 0.6 is 11.3 Å². The lowest BCUT2D eigenvalue weighted by atomic mass is 10.2. The van der Waals surface area contributed by atoms with E-state index in [4.69, 9.17) is 4.74 Å². The maximum absolute atomic E-state index is 12.6. The second kappa shape index (κ2) is 9.91. The second-order valence-corrected chi connectivity index (χ2v) is 7.69. The summed E-state index contributed by atoms with van der Waals surface area (Å²) in [4.78, 5) is 17.0. The summed E-state index contributed by atoms with van der Waals surface area (Å²) in [7, 11) is 0. The summed E-state index contributed by atoms with van der Waals surface area (Å²) in [5, 5.41) is 3.93. The average Bonchev–Trinajstić information content (AvgIpc) is 3.06. The number of thiazole rings is 1. The number of benzene rings is 2. The van der Waals surface area contributed by atoms with Crippen molar-refractivity contribution >= 4 is 33.1 Å². The summed E-state index contributed by atoms with van der Waals surface area (Å²) in [5.41, 5.74) is 2.26. The summed E-state index contributed by atoms with van der Waals surface area (Å²) in [6.07, 6.45) is 3.79. The van der Waals surface area contributed by atoms with Gasteiger partial charge in [-0.15, -0.1) is 23.2 Å². The number of amides is 1. The number of hydrogen-bond donors (Lipinski definition) is 1. The van der Waals surface area contributed by atoms with Crippen LogP contribution in [0, 0.1) is 18.8 Å². The quantitative estimate of drug-likeness (QED) is 0.407. The SMILES string of the molecule is CCCC#CCCCOc1cccc(NC(=O)c2ccc3nc(C)sc3c2)c1. The van der Waals surface area contributed by atoms with E-state index in [1.807, 2.05) is 43.3 Å². The fourth-order valence-corrected chi connectivity index (χ4v) is 3.57. The molecule has 1 aromatic heterocycles. The Kier molecular flexibility index (Phi) is 7.05. The van der Waals surface area contributed by atoms with E-state index < -0.39 is 0 Å². The predicted octanol–water partition coefficient (Wildman–Crippen LogP) is 5.82. The summed E-state index contributed by atoms with van der Waals surface area (Å²) in [6, 6.07) is 13.0. The Hall–Kier alpha value is -2.84. The van der Waals surface area contributed by atoms with E-state index >= 15 is 0 Å². The number of rotatable bonds is 7. The van der Waals surface area contributed by atoms with E-state index in [0.29, 0.717) is 17.9 Å². The van der Waals surface area contributed by atoms with Gasteiger partial charge in [-0.05, 0) is 50.1 Å². The number of nitrogens with one attached hydrogen (secondary N) is 1. The zero-order valence-corrected chi connectivity index (χ0v) is 17.1. The van der Waals surface area contributed by atoms with E-state index in [2.05, 4.69) is 29.1 Å². The lowest BCUT2D eigenvalue weighted by molar-refractivity contribution is 0.102. The third-order valence-electron chi connectivity index (χ3n) is 4.06. The monoisotopic (exact) mass is 392 g/mol. The van der Waals surface area contributed by atoms with Gasteiger partial charge in [-0.25, -0.2) is 4.98 Å². The molecule has 0 radical (unpaired) electrons. The van der Waals surface area contributed by atoms with Crippen LogP contribution in [0.25, 0.3) is 10.2 Å². The number of aryl methyl sites for hydroxylation is 1. The van der Waals surface area contributed by atoms with Crippen LogP contribution in [0.3, 0.4) is 0 Å². The lowest BCUT2D eigenvalue weighted by Crippen LogP contribution is -2.11. The van der Waals surface area contributed by atoms with Gasteiger partial charge in [0, 0.05) is 30.2 Å². The van der Waals surface area contributed by atoms with Gasteiger partial charge in [0.2, 0.25) is 0 Å². The lowest BCUT2D eigenvalue weighted by Gasteiger charge is -2.09. The van der Waals surface area contributed by atoms with Gasteiger partial charge in [0.25, 0.3) is 5.91 Å². The molecule has 0 spiro atoms. The molecule has 28 heavy (non-hydrogen) atoms. The normalized spacial score (nSPS) is 10.4. The maximum atomic E-state index is 12.6. The van der Waals surface area contributed by atoms with Crippen molar-refractivity contribution in [1.29, 1.82) is 0 Å². The van der Waals surface area contributed by atoms with E-state index in [-0.39, 0.29) is 5.91 Å². The number of fused-ring (bicyclic) bond motifs is 1. The van der Waals surface area contributed by atoms with Crippen LogP contribution in [0.1, 0.15) is 48.0 Å². The van der Waals surface area contributed by atoms with Crippen LogP contribution in [0.15, 0.2) is 42.5 Å². The molecule has 3 aromatic rings. The van der Waals surface area contributed by atoms with Gasteiger partial charge in [0.1, 0.15) is 5.75 Å². The Balaban J connectivity index is 1.56. The third-order valence-corrected chi connectivity index (χ3v) is 5.00. The molecule has 4 nitrogen and oxygen atoms in total. The molecule has 0 saturated heterocycles. The number of nitrogens with zero attached hydrogens (tertiary/aromatic N) is 1. The first-order chi connectivity index (χ1) is 13.7. The van der Waals surface area contributed by atoms with Crippen LogP contribution in [0.4, 0.5) is 5.69 Å². The van der Waals surface area contributed by atoms with Crippen LogP contribution in [0.5, 0.6) is 5.75 Å². The highest BCUT2D eigenvalue weighted by Gasteiger charge is 2.09. The molecule has 2 aromatic carbocycles.